The predicted octanol–water partition coefficient (Wildman–Crippen LogP) is 6.14. The highest BCUT2D eigenvalue weighted by atomic mass is 28.4. The van der Waals surface area contributed by atoms with Gasteiger partial charge in [0.2, 0.25) is 0 Å². The minimum Gasteiger partial charge on any atom is -0.460 e. The molecular weight excluding hydrogens is 488 g/mol. The average Bonchev–Trinajstić information content (AvgIpc) is 3.32. The third-order valence-electron chi connectivity index (χ3n) is 7.69. The first-order chi connectivity index (χ1) is 18.0. The van der Waals surface area contributed by atoms with Gasteiger partial charge in [0.1, 0.15) is 5.60 Å². The maximum Gasteiger partial charge on any atom is 0.310 e. The van der Waals surface area contributed by atoms with E-state index in [1.165, 1.54) is 10.4 Å². The van der Waals surface area contributed by atoms with Gasteiger partial charge in [-0.1, -0.05) is 81.4 Å². The van der Waals surface area contributed by atoms with Crippen molar-refractivity contribution in [3.63, 3.8) is 0 Å². The molecule has 0 spiro atoms. The Labute approximate surface area is 229 Å². The number of H-pyrrole nitrogens is 1. The Morgan fingerprint density at radius 2 is 1.45 bits per heavy atom. The number of nitrogens with one attached hydrogen (secondary N) is 1. The second kappa shape index (κ2) is 11.6. The van der Waals surface area contributed by atoms with Crippen LogP contribution in [0.4, 0.5) is 0 Å². The number of hydrogen-bond acceptors (Lipinski definition) is 4. The molecule has 1 aliphatic rings. The van der Waals surface area contributed by atoms with Crippen molar-refractivity contribution in [2.75, 3.05) is 6.61 Å². The molecule has 0 amide bonds. The topological polar surface area (TPSA) is 64.2 Å². The minimum atomic E-state index is -2.52. The van der Waals surface area contributed by atoms with Crippen LogP contribution in [0.1, 0.15) is 84.4 Å². The van der Waals surface area contributed by atoms with Crippen LogP contribution in [0.2, 0.25) is 5.04 Å². The zero-order valence-electron chi connectivity index (χ0n) is 23.9. The van der Waals surface area contributed by atoms with Crippen LogP contribution in [0.3, 0.4) is 0 Å². The molecule has 0 bridgehead atoms. The van der Waals surface area contributed by atoms with E-state index in [-0.39, 0.29) is 17.4 Å². The van der Waals surface area contributed by atoms with E-state index < -0.39 is 13.9 Å². The SMILES string of the molecule is CC(C)(C)OC(=O)Cc1c[nH]nc1C1CCC(CO[Si](c2ccccc2)(c2ccccc2)C(C)(C)C)CC1. The predicted molar refractivity (Wildman–Crippen MR) is 156 cm³/mol. The standard InChI is InChI=1S/C32H44N2O3Si/c1-31(2,3)37-29(35)21-26-22-33-34-30(26)25-19-17-24(18-20-25)23-36-38(32(4,5)6,27-13-9-7-10-14-27)28-15-11-8-12-16-28/h7-16,22,24-25H,17-21,23H2,1-6H3,(H,33,34). The van der Waals surface area contributed by atoms with E-state index >= 15 is 0 Å². The van der Waals surface area contributed by atoms with E-state index in [0.717, 1.165) is 43.5 Å². The van der Waals surface area contributed by atoms with Gasteiger partial charge in [0.05, 0.1) is 12.1 Å². The molecule has 1 aromatic heterocycles. The average molecular weight is 533 g/mol. The van der Waals surface area contributed by atoms with Gasteiger partial charge in [0, 0.05) is 24.3 Å². The maximum atomic E-state index is 12.4. The van der Waals surface area contributed by atoms with E-state index in [4.69, 9.17) is 9.16 Å². The highest BCUT2D eigenvalue weighted by molar-refractivity contribution is 6.99. The molecule has 2 aromatic carbocycles. The van der Waals surface area contributed by atoms with Crippen LogP contribution in [0.15, 0.2) is 66.9 Å². The summed E-state index contributed by atoms with van der Waals surface area (Å²) < 4.78 is 12.8. The number of carbonyl (C=O) groups excluding carboxylic acids is 1. The number of aromatic nitrogens is 2. The summed E-state index contributed by atoms with van der Waals surface area (Å²) in [6, 6.07) is 21.7. The fraction of sp³-hybridized carbons (Fsp3) is 0.500. The fourth-order valence-corrected chi connectivity index (χ4v) is 10.6. The van der Waals surface area contributed by atoms with Gasteiger partial charge in [-0.2, -0.15) is 5.10 Å². The van der Waals surface area contributed by atoms with Crippen molar-refractivity contribution in [1.29, 1.82) is 0 Å². The van der Waals surface area contributed by atoms with Gasteiger partial charge in [0.25, 0.3) is 8.32 Å². The van der Waals surface area contributed by atoms with Crippen LogP contribution in [-0.4, -0.2) is 36.7 Å². The summed E-state index contributed by atoms with van der Waals surface area (Å²) in [5, 5.41) is 10.2. The first kappa shape index (κ1) is 28.3. The second-order valence-corrected chi connectivity index (χ2v) is 17.1. The lowest BCUT2D eigenvalue weighted by Gasteiger charge is -2.44. The Morgan fingerprint density at radius 3 is 1.95 bits per heavy atom. The molecule has 5 nitrogen and oxygen atoms in total. The number of aromatic amines is 1. The van der Waals surface area contributed by atoms with Crippen LogP contribution in [0.25, 0.3) is 0 Å². The van der Waals surface area contributed by atoms with Crippen molar-refractivity contribution in [3.05, 3.63) is 78.1 Å². The van der Waals surface area contributed by atoms with Gasteiger partial charge in [0.15, 0.2) is 0 Å². The van der Waals surface area contributed by atoms with E-state index in [1.54, 1.807) is 0 Å². The number of carbonyl (C=O) groups is 1. The summed E-state index contributed by atoms with van der Waals surface area (Å²) in [5.74, 6) is 0.677. The van der Waals surface area contributed by atoms with Gasteiger partial charge < -0.3 is 9.16 Å². The van der Waals surface area contributed by atoms with Crippen LogP contribution < -0.4 is 10.4 Å². The van der Waals surface area contributed by atoms with Gasteiger partial charge in [-0.15, -0.1) is 0 Å². The van der Waals surface area contributed by atoms with Gasteiger partial charge in [-0.3, -0.25) is 9.89 Å². The van der Waals surface area contributed by atoms with Gasteiger partial charge in [-0.05, 0) is 67.8 Å². The van der Waals surface area contributed by atoms with E-state index in [0.29, 0.717) is 11.8 Å². The summed E-state index contributed by atoms with van der Waals surface area (Å²) in [4.78, 5) is 12.4. The van der Waals surface area contributed by atoms with Crippen LogP contribution >= 0.6 is 0 Å². The van der Waals surface area contributed by atoms with Crippen molar-refractivity contribution in [2.45, 2.75) is 90.2 Å². The van der Waals surface area contributed by atoms with E-state index in [1.807, 2.05) is 27.0 Å². The lowest BCUT2D eigenvalue weighted by molar-refractivity contribution is -0.153. The first-order valence-corrected chi connectivity index (χ1v) is 15.9. The van der Waals surface area contributed by atoms with Crippen LogP contribution in [-0.2, 0) is 20.4 Å². The van der Waals surface area contributed by atoms with Crippen molar-refractivity contribution in [1.82, 2.24) is 10.2 Å². The molecule has 1 N–H and O–H groups in total. The third kappa shape index (κ3) is 6.46. The van der Waals surface area contributed by atoms with Gasteiger partial charge in [-0.25, -0.2) is 0 Å². The quantitative estimate of drug-likeness (QED) is 0.279. The zero-order valence-corrected chi connectivity index (χ0v) is 24.9. The molecule has 204 valence electrons. The molecule has 1 heterocycles. The molecule has 1 aliphatic carbocycles. The van der Waals surface area contributed by atoms with E-state index in [2.05, 4.69) is 91.6 Å². The number of ether oxygens (including phenoxy) is 1. The summed E-state index contributed by atoms with van der Waals surface area (Å²) in [5.41, 5.74) is 1.51. The molecule has 0 aliphatic heterocycles. The second-order valence-electron chi connectivity index (χ2n) is 12.8. The third-order valence-corrected chi connectivity index (χ3v) is 12.7. The normalized spacial score (nSPS) is 18.8. The largest absolute Gasteiger partial charge is 0.460 e. The van der Waals surface area contributed by atoms with E-state index in [9.17, 15) is 4.79 Å². The number of esters is 1. The zero-order chi connectivity index (χ0) is 27.4. The molecule has 1 fully saturated rings. The Hall–Kier alpha value is -2.70. The van der Waals surface area contributed by atoms with Crippen LogP contribution in [0, 0.1) is 5.92 Å². The number of hydrogen-bond donors (Lipinski definition) is 1. The summed E-state index contributed by atoms with van der Waals surface area (Å²) >= 11 is 0. The summed E-state index contributed by atoms with van der Waals surface area (Å²) in [6.45, 7) is 13.5. The monoisotopic (exact) mass is 532 g/mol. The number of rotatable bonds is 8. The van der Waals surface area contributed by atoms with Crippen molar-refractivity contribution >= 4 is 24.7 Å². The lowest BCUT2D eigenvalue weighted by Crippen LogP contribution is -2.66. The molecule has 6 heteroatoms. The van der Waals surface area contributed by atoms with Crippen molar-refractivity contribution in [3.8, 4) is 0 Å². The molecule has 1 saturated carbocycles. The molecule has 3 aromatic rings. The molecule has 38 heavy (non-hydrogen) atoms. The maximum absolute atomic E-state index is 12.4. The molecule has 0 unspecified atom stereocenters. The molecule has 0 radical (unpaired) electrons. The molecule has 4 rings (SSSR count). The smallest absolute Gasteiger partial charge is 0.310 e. The lowest BCUT2D eigenvalue weighted by atomic mass is 9.80. The number of benzene rings is 2. The molecule has 0 atom stereocenters. The fourth-order valence-electron chi connectivity index (χ4n) is 5.96. The highest BCUT2D eigenvalue weighted by Crippen LogP contribution is 2.40. The Bertz CT molecular complexity index is 1130. The minimum absolute atomic E-state index is 0.0154. The Kier molecular flexibility index (Phi) is 8.63. The molecular formula is C32H44N2O3Si. The highest BCUT2D eigenvalue weighted by Gasteiger charge is 2.50. The van der Waals surface area contributed by atoms with Crippen molar-refractivity contribution < 1.29 is 14.0 Å². The van der Waals surface area contributed by atoms with Crippen molar-refractivity contribution in [2.24, 2.45) is 5.92 Å². The van der Waals surface area contributed by atoms with Gasteiger partial charge >= 0.3 is 5.97 Å². The Morgan fingerprint density at radius 1 is 0.895 bits per heavy atom. The first-order valence-electron chi connectivity index (χ1n) is 14.0. The molecule has 0 saturated heterocycles. The summed E-state index contributed by atoms with van der Waals surface area (Å²) in [7, 11) is -2.52. The Balaban J connectivity index is 1.45. The number of nitrogens with zero attached hydrogens (tertiary/aromatic N) is 1. The van der Waals surface area contributed by atoms with Crippen LogP contribution in [0.5, 0.6) is 0 Å². The summed E-state index contributed by atoms with van der Waals surface area (Å²) in [6.07, 6.45) is 6.43.